The SMILES string of the molecule is CC#CCNC(=O)NC1(C(=O)O)CCCCCC1. The summed E-state index contributed by atoms with van der Waals surface area (Å²) in [5, 5.41) is 14.5. The van der Waals surface area contributed by atoms with Gasteiger partial charge in [0, 0.05) is 0 Å². The number of aliphatic carboxylic acids is 1. The lowest BCUT2D eigenvalue weighted by molar-refractivity contribution is -0.145. The number of hydrogen-bond donors (Lipinski definition) is 3. The molecule has 0 radical (unpaired) electrons. The molecule has 0 unspecified atom stereocenters. The first-order chi connectivity index (χ1) is 8.60. The average molecular weight is 252 g/mol. The highest BCUT2D eigenvalue weighted by Gasteiger charge is 2.39. The van der Waals surface area contributed by atoms with Crippen LogP contribution in [0.5, 0.6) is 0 Å². The molecule has 2 amide bonds. The monoisotopic (exact) mass is 252 g/mol. The maximum atomic E-state index is 11.7. The maximum absolute atomic E-state index is 11.7. The van der Waals surface area contributed by atoms with Crippen molar-refractivity contribution in [3.05, 3.63) is 0 Å². The molecule has 5 heteroatoms. The molecule has 0 aromatic heterocycles. The number of carboxylic acid groups (broad SMARTS) is 1. The van der Waals surface area contributed by atoms with Gasteiger partial charge in [-0.25, -0.2) is 9.59 Å². The largest absolute Gasteiger partial charge is 0.480 e. The van der Waals surface area contributed by atoms with Crippen LogP contribution in [0, 0.1) is 11.8 Å². The summed E-state index contributed by atoms with van der Waals surface area (Å²) >= 11 is 0. The van der Waals surface area contributed by atoms with E-state index in [1.54, 1.807) is 6.92 Å². The normalized spacial score (nSPS) is 17.8. The Morgan fingerprint density at radius 3 is 2.33 bits per heavy atom. The third-order valence-electron chi connectivity index (χ3n) is 3.23. The summed E-state index contributed by atoms with van der Waals surface area (Å²) in [6, 6.07) is -0.456. The molecule has 18 heavy (non-hydrogen) atoms. The number of carbonyl (C=O) groups is 2. The molecule has 1 aliphatic carbocycles. The molecule has 0 bridgehead atoms. The predicted molar refractivity (Wildman–Crippen MR) is 68.1 cm³/mol. The fourth-order valence-corrected chi connectivity index (χ4v) is 2.20. The van der Waals surface area contributed by atoms with E-state index in [-0.39, 0.29) is 6.54 Å². The number of rotatable bonds is 3. The lowest BCUT2D eigenvalue weighted by atomic mass is 9.90. The fraction of sp³-hybridized carbons (Fsp3) is 0.692. The van der Waals surface area contributed by atoms with E-state index >= 15 is 0 Å². The van der Waals surface area contributed by atoms with Crippen LogP contribution in [-0.4, -0.2) is 29.2 Å². The zero-order valence-electron chi connectivity index (χ0n) is 10.7. The number of carboxylic acids is 1. The van der Waals surface area contributed by atoms with Crippen molar-refractivity contribution in [2.75, 3.05) is 6.54 Å². The van der Waals surface area contributed by atoms with Crippen LogP contribution in [0.2, 0.25) is 0 Å². The Bertz CT molecular complexity index is 360. The zero-order valence-corrected chi connectivity index (χ0v) is 10.7. The Balaban J connectivity index is 2.63. The van der Waals surface area contributed by atoms with E-state index < -0.39 is 17.5 Å². The van der Waals surface area contributed by atoms with E-state index in [4.69, 9.17) is 0 Å². The van der Waals surface area contributed by atoms with Crippen molar-refractivity contribution in [2.45, 2.75) is 51.0 Å². The van der Waals surface area contributed by atoms with Crippen molar-refractivity contribution in [3.8, 4) is 11.8 Å². The minimum Gasteiger partial charge on any atom is -0.480 e. The molecule has 3 N–H and O–H groups in total. The van der Waals surface area contributed by atoms with Crippen molar-refractivity contribution in [1.29, 1.82) is 0 Å². The smallest absolute Gasteiger partial charge is 0.329 e. The molecule has 100 valence electrons. The van der Waals surface area contributed by atoms with E-state index in [0.717, 1.165) is 25.7 Å². The minimum absolute atomic E-state index is 0.234. The molecule has 0 heterocycles. The fourth-order valence-electron chi connectivity index (χ4n) is 2.20. The second-order valence-corrected chi connectivity index (χ2v) is 4.54. The highest BCUT2D eigenvalue weighted by atomic mass is 16.4. The van der Waals surface area contributed by atoms with Crippen LogP contribution in [0.25, 0.3) is 0 Å². The molecule has 0 saturated heterocycles. The van der Waals surface area contributed by atoms with Crippen molar-refractivity contribution in [1.82, 2.24) is 10.6 Å². The summed E-state index contributed by atoms with van der Waals surface area (Å²) in [5.41, 5.74) is -1.11. The van der Waals surface area contributed by atoms with Crippen LogP contribution in [-0.2, 0) is 4.79 Å². The Labute approximate surface area is 107 Å². The van der Waals surface area contributed by atoms with Crippen molar-refractivity contribution >= 4 is 12.0 Å². The van der Waals surface area contributed by atoms with Gasteiger partial charge in [0.1, 0.15) is 5.54 Å². The molecule has 0 aromatic carbocycles. The van der Waals surface area contributed by atoms with E-state index in [2.05, 4.69) is 22.5 Å². The second kappa shape index (κ2) is 6.90. The Hall–Kier alpha value is -1.70. The van der Waals surface area contributed by atoms with Gasteiger partial charge in [0.2, 0.25) is 0 Å². The Kier molecular flexibility index (Phi) is 5.50. The van der Waals surface area contributed by atoms with Crippen LogP contribution in [0.15, 0.2) is 0 Å². The summed E-state index contributed by atoms with van der Waals surface area (Å²) < 4.78 is 0. The van der Waals surface area contributed by atoms with Gasteiger partial charge in [-0.1, -0.05) is 31.6 Å². The number of urea groups is 1. The molecule has 1 rings (SSSR count). The highest BCUT2D eigenvalue weighted by Crippen LogP contribution is 2.27. The van der Waals surface area contributed by atoms with Gasteiger partial charge in [0.15, 0.2) is 0 Å². The van der Waals surface area contributed by atoms with E-state index in [0.29, 0.717) is 12.8 Å². The van der Waals surface area contributed by atoms with Crippen molar-refractivity contribution in [2.24, 2.45) is 0 Å². The second-order valence-electron chi connectivity index (χ2n) is 4.54. The van der Waals surface area contributed by atoms with Crippen LogP contribution >= 0.6 is 0 Å². The molecule has 5 nitrogen and oxygen atoms in total. The first kappa shape index (κ1) is 14.4. The van der Waals surface area contributed by atoms with Gasteiger partial charge < -0.3 is 15.7 Å². The quantitative estimate of drug-likeness (QED) is 0.526. The molecule has 1 saturated carbocycles. The summed E-state index contributed by atoms with van der Waals surface area (Å²) in [6.45, 7) is 1.92. The lowest BCUT2D eigenvalue weighted by Gasteiger charge is -2.29. The molecule has 0 aromatic rings. The number of nitrogens with one attached hydrogen (secondary N) is 2. The zero-order chi connectivity index (χ0) is 13.4. The standard InChI is InChI=1S/C13H20N2O3/c1-2-3-10-14-12(18)15-13(11(16)17)8-6-4-5-7-9-13/h4-10H2,1H3,(H,16,17)(H2,14,15,18). The highest BCUT2D eigenvalue weighted by molar-refractivity contribution is 5.86. The van der Waals surface area contributed by atoms with Gasteiger partial charge in [-0.05, 0) is 19.8 Å². The summed E-state index contributed by atoms with van der Waals surface area (Å²) in [5.74, 6) is 4.42. The summed E-state index contributed by atoms with van der Waals surface area (Å²) in [4.78, 5) is 23.1. The third-order valence-corrected chi connectivity index (χ3v) is 3.23. The molecule has 0 atom stereocenters. The number of hydrogen-bond acceptors (Lipinski definition) is 2. The maximum Gasteiger partial charge on any atom is 0.329 e. The predicted octanol–water partition coefficient (Wildman–Crippen LogP) is 1.49. The van der Waals surface area contributed by atoms with Crippen LogP contribution in [0.4, 0.5) is 4.79 Å². The van der Waals surface area contributed by atoms with Gasteiger partial charge in [0.25, 0.3) is 0 Å². The number of amides is 2. The van der Waals surface area contributed by atoms with Crippen molar-refractivity contribution in [3.63, 3.8) is 0 Å². The van der Waals surface area contributed by atoms with Gasteiger partial charge in [-0.3, -0.25) is 0 Å². The molecule has 0 spiro atoms. The minimum atomic E-state index is -1.11. The van der Waals surface area contributed by atoms with Gasteiger partial charge >= 0.3 is 12.0 Å². The lowest BCUT2D eigenvalue weighted by Crippen LogP contribution is -2.57. The number of carbonyl (C=O) groups excluding carboxylic acids is 1. The molecular weight excluding hydrogens is 232 g/mol. The van der Waals surface area contributed by atoms with Gasteiger partial charge in [-0.2, -0.15) is 0 Å². The molecule has 1 fully saturated rings. The molecule has 0 aliphatic heterocycles. The topological polar surface area (TPSA) is 78.4 Å². The van der Waals surface area contributed by atoms with E-state index in [1.165, 1.54) is 0 Å². The van der Waals surface area contributed by atoms with Gasteiger partial charge in [-0.15, -0.1) is 5.92 Å². The summed E-state index contributed by atoms with van der Waals surface area (Å²) in [6.07, 6.45) is 4.71. The Morgan fingerprint density at radius 1 is 1.22 bits per heavy atom. The summed E-state index contributed by atoms with van der Waals surface area (Å²) in [7, 11) is 0. The van der Waals surface area contributed by atoms with Crippen molar-refractivity contribution < 1.29 is 14.7 Å². The van der Waals surface area contributed by atoms with E-state index in [9.17, 15) is 14.7 Å². The molecule has 1 aliphatic rings. The average Bonchev–Trinajstić information content (AvgIpc) is 2.56. The molecular formula is C13H20N2O3. The van der Waals surface area contributed by atoms with E-state index in [1.807, 2.05) is 0 Å². The Morgan fingerprint density at radius 2 is 1.83 bits per heavy atom. The van der Waals surface area contributed by atoms with Crippen LogP contribution < -0.4 is 10.6 Å². The van der Waals surface area contributed by atoms with Crippen LogP contribution in [0.3, 0.4) is 0 Å². The first-order valence-electron chi connectivity index (χ1n) is 6.30. The first-order valence-corrected chi connectivity index (χ1v) is 6.30. The third kappa shape index (κ3) is 3.95. The van der Waals surface area contributed by atoms with Gasteiger partial charge in [0.05, 0.1) is 6.54 Å². The van der Waals surface area contributed by atoms with Crippen LogP contribution in [0.1, 0.15) is 45.4 Å².